The van der Waals surface area contributed by atoms with Crippen LogP contribution in [0.15, 0.2) is 18.3 Å². The Morgan fingerprint density at radius 1 is 1.20 bits per heavy atom. The van der Waals surface area contributed by atoms with E-state index in [2.05, 4.69) is 4.98 Å². The Balaban J connectivity index is 3.00. The summed E-state index contributed by atoms with van der Waals surface area (Å²) in [6, 6.07) is 3.36. The van der Waals surface area contributed by atoms with Crippen molar-refractivity contribution < 1.29 is 14.7 Å². The molecule has 0 saturated carbocycles. The molecule has 20 heavy (non-hydrogen) atoms. The van der Waals surface area contributed by atoms with E-state index in [1.165, 1.54) is 6.20 Å². The van der Waals surface area contributed by atoms with E-state index in [1.807, 2.05) is 20.8 Å². The Labute approximate surface area is 119 Å². The SMILES string of the molecule is CCN(CC)C(=O)c1cc(N(CC)CC(=O)O)ccn1. The molecule has 1 rings (SSSR count). The smallest absolute Gasteiger partial charge is 0.323 e. The second kappa shape index (κ2) is 7.47. The number of nitrogens with zero attached hydrogens (tertiary/aromatic N) is 3. The van der Waals surface area contributed by atoms with Crippen LogP contribution in [0.5, 0.6) is 0 Å². The predicted octanol–water partition coefficient (Wildman–Crippen LogP) is 1.47. The molecule has 110 valence electrons. The van der Waals surface area contributed by atoms with Gasteiger partial charge in [0.25, 0.3) is 5.91 Å². The van der Waals surface area contributed by atoms with Gasteiger partial charge in [-0.2, -0.15) is 0 Å². The molecule has 0 aliphatic heterocycles. The molecule has 0 aliphatic carbocycles. The highest BCUT2D eigenvalue weighted by Crippen LogP contribution is 2.15. The molecule has 6 heteroatoms. The van der Waals surface area contributed by atoms with E-state index in [0.717, 1.165) is 0 Å². The maximum absolute atomic E-state index is 12.2. The molecule has 0 unspecified atom stereocenters. The van der Waals surface area contributed by atoms with Crippen molar-refractivity contribution in [2.75, 3.05) is 31.1 Å². The fourth-order valence-electron chi connectivity index (χ4n) is 1.95. The van der Waals surface area contributed by atoms with E-state index >= 15 is 0 Å². The van der Waals surface area contributed by atoms with Crippen molar-refractivity contribution in [1.82, 2.24) is 9.88 Å². The summed E-state index contributed by atoms with van der Waals surface area (Å²) in [4.78, 5) is 30.5. The van der Waals surface area contributed by atoms with Crippen molar-refractivity contribution in [3.63, 3.8) is 0 Å². The van der Waals surface area contributed by atoms with Crippen LogP contribution in [0.25, 0.3) is 0 Å². The first-order valence-corrected chi connectivity index (χ1v) is 6.75. The number of aromatic nitrogens is 1. The monoisotopic (exact) mass is 279 g/mol. The van der Waals surface area contributed by atoms with Crippen molar-refractivity contribution in [3.8, 4) is 0 Å². The third-order valence-corrected chi connectivity index (χ3v) is 3.09. The summed E-state index contributed by atoms with van der Waals surface area (Å²) in [6.07, 6.45) is 1.54. The number of aliphatic carboxylic acids is 1. The highest BCUT2D eigenvalue weighted by molar-refractivity contribution is 5.93. The lowest BCUT2D eigenvalue weighted by Crippen LogP contribution is -2.32. The van der Waals surface area contributed by atoms with Gasteiger partial charge in [0.05, 0.1) is 0 Å². The number of carboxylic acids is 1. The van der Waals surface area contributed by atoms with Crippen LogP contribution in [0.4, 0.5) is 5.69 Å². The quantitative estimate of drug-likeness (QED) is 0.818. The largest absolute Gasteiger partial charge is 0.480 e. The van der Waals surface area contributed by atoms with Crippen LogP contribution in [0.3, 0.4) is 0 Å². The molecule has 1 amide bonds. The van der Waals surface area contributed by atoms with Crippen LogP contribution in [0.2, 0.25) is 0 Å². The van der Waals surface area contributed by atoms with Crippen molar-refractivity contribution >= 4 is 17.6 Å². The summed E-state index contributed by atoms with van der Waals surface area (Å²) in [5, 5.41) is 8.89. The fourth-order valence-corrected chi connectivity index (χ4v) is 1.95. The van der Waals surface area contributed by atoms with Gasteiger partial charge in [-0.05, 0) is 32.9 Å². The first-order chi connectivity index (χ1) is 9.53. The minimum absolute atomic E-state index is 0.0978. The Bertz CT molecular complexity index is 472. The minimum atomic E-state index is -0.903. The summed E-state index contributed by atoms with van der Waals surface area (Å²) >= 11 is 0. The topological polar surface area (TPSA) is 73.7 Å². The second-order valence-electron chi connectivity index (χ2n) is 4.28. The van der Waals surface area contributed by atoms with Gasteiger partial charge in [-0.25, -0.2) is 0 Å². The molecule has 6 nitrogen and oxygen atoms in total. The van der Waals surface area contributed by atoms with E-state index in [9.17, 15) is 9.59 Å². The van der Waals surface area contributed by atoms with E-state index in [4.69, 9.17) is 5.11 Å². The van der Waals surface area contributed by atoms with Crippen LogP contribution >= 0.6 is 0 Å². The molecule has 0 bridgehead atoms. The van der Waals surface area contributed by atoms with Crippen LogP contribution in [-0.4, -0.2) is 53.0 Å². The third kappa shape index (κ3) is 3.94. The molecule has 1 aromatic heterocycles. The molecule has 1 N–H and O–H groups in total. The summed E-state index contributed by atoms with van der Waals surface area (Å²) in [6.45, 7) is 7.38. The van der Waals surface area contributed by atoms with Gasteiger partial charge < -0.3 is 14.9 Å². The maximum Gasteiger partial charge on any atom is 0.323 e. The van der Waals surface area contributed by atoms with Gasteiger partial charge in [0.15, 0.2) is 0 Å². The second-order valence-corrected chi connectivity index (χ2v) is 4.28. The van der Waals surface area contributed by atoms with Gasteiger partial charge >= 0.3 is 5.97 Å². The van der Waals surface area contributed by atoms with Crippen LogP contribution in [0.1, 0.15) is 31.3 Å². The average molecular weight is 279 g/mol. The number of hydrogen-bond donors (Lipinski definition) is 1. The highest BCUT2D eigenvalue weighted by Gasteiger charge is 2.16. The van der Waals surface area contributed by atoms with Gasteiger partial charge in [-0.3, -0.25) is 14.6 Å². The number of likely N-dealkylation sites (N-methyl/N-ethyl adjacent to an activating group) is 1. The Kier molecular flexibility index (Phi) is 5.96. The van der Waals surface area contributed by atoms with Gasteiger partial charge in [0.1, 0.15) is 12.2 Å². The van der Waals surface area contributed by atoms with Crippen LogP contribution in [-0.2, 0) is 4.79 Å². The fraction of sp³-hybridized carbons (Fsp3) is 0.500. The zero-order valence-electron chi connectivity index (χ0n) is 12.2. The predicted molar refractivity (Wildman–Crippen MR) is 77.0 cm³/mol. The van der Waals surface area contributed by atoms with E-state index < -0.39 is 5.97 Å². The molecular formula is C14H21N3O3. The molecule has 1 heterocycles. The normalized spacial score (nSPS) is 10.2. The molecule has 0 spiro atoms. The first kappa shape index (κ1) is 15.9. The molecule has 0 radical (unpaired) electrons. The van der Waals surface area contributed by atoms with Crippen LogP contribution < -0.4 is 4.90 Å². The Morgan fingerprint density at radius 2 is 1.85 bits per heavy atom. The van der Waals surface area contributed by atoms with Gasteiger partial charge in [-0.15, -0.1) is 0 Å². The van der Waals surface area contributed by atoms with E-state index in [0.29, 0.717) is 31.0 Å². The minimum Gasteiger partial charge on any atom is -0.480 e. The summed E-state index contributed by atoms with van der Waals surface area (Å²) in [5.74, 6) is -1.04. The summed E-state index contributed by atoms with van der Waals surface area (Å²) in [7, 11) is 0. The van der Waals surface area contributed by atoms with Gasteiger partial charge in [0.2, 0.25) is 0 Å². The molecule has 1 aromatic rings. The number of amides is 1. The lowest BCUT2D eigenvalue weighted by atomic mass is 10.2. The number of rotatable bonds is 7. The molecule has 0 saturated heterocycles. The first-order valence-electron chi connectivity index (χ1n) is 6.75. The number of carbonyl (C=O) groups is 2. The number of pyridine rings is 1. The highest BCUT2D eigenvalue weighted by atomic mass is 16.4. The molecule has 0 aromatic carbocycles. The van der Waals surface area contributed by atoms with Gasteiger partial charge in [0, 0.05) is 31.5 Å². The Hall–Kier alpha value is -2.11. The molecular weight excluding hydrogens is 258 g/mol. The summed E-state index contributed by atoms with van der Waals surface area (Å²) in [5.41, 5.74) is 1.04. The van der Waals surface area contributed by atoms with Crippen molar-refractivity contribution in [2.24, 2.45) is 0 Å². The molecule has 0 atom stereocenters. The third-order valence-electron chi connectivity index (χ3n) is 3.09. The molecule has 0 fully saturated rings. The Morgan fingerprint density at radius 3 is 2.35 bits per heavy atom. The number of carbonyl (C=O) groups excluding carboxylic acids is 1. The van der Waals surface area contributed by atoms with E-state index in [1.54, 1.807) is 21.9 Å². The van der Waals surface area contributed by atoms with E-state index in [-0.39, 0.29) is 12.5 Å². The number of anilines is 1. The van der Waals surface area contributed by atoms with Crippen molar-refractivity contribution in [1.29, 1.82) is 0 Å². The van der Waals surface area contributed by atoms with Crippen LogP contribution in [0, 0.1) is 0 Å². The summed E-state index contributed by atoms with van der Waals surface area (Å²) < 4.78 is 0. The number of hydrogen-bond acceptors (Lipinski definition) is 4. The zero-order chi connectivity index (χ0) is 15.1. The van der Waals surface area contributed by atoms with Gasteiger partial charge in [-0.1, -0.05) is 0 Å². The molecule has 0 aliphatic rings. The lowest BCUT2D eigenvalue weighted by Gasteiger charge is -2.22. The van der Waals surface area contributed by atoms with Crippen molar-refractivity contribution in [3.05, 3.63) is 24.0 Å². The zero-order valence-corrected chi connectivity index (χ0v) is 12.2. The lowest BCUT2D eigenvalue weighted by molar-refractivity contribution is -0.135. The number of carboxylic acid groups (broad SMARTS) is 1. The standard InChI is InChI=1S/C14H21N3O3/c1-4-16(5-2)14(20)12-9-11(7-8-15-12)17(6-3)10-13(18)19/h7-9H,4-6,10H2,1-3H3,(H,18,19). The maximum atomic E-state index is 12.2. The van der Waals surface area contributed by atoms with Crippen molar-refractivity contribution in [2.45, 2.75) is 20.8 Å². The average Bonchev–Trinajstić information content (AvgIpc) is 2.45.